The lowest BCUT2D eigenvalue weighted by molar-refractivity contribution is -0.119. The van der Waals surface area contributed by atoms with Gasteiger partial charge in [-0.2, -0.15) is 13.2 Å². The molecule has 2 aromatic heterocycles. The fourth-order valence-corrected chi connectivity index (χ4v) is 4.84. The lowest BCUT2D eigenvalue weighted by Crippen LogP contribution is -2.23. The van der Waals surface area contributed by atoms with E-state index in [0.29, 0.717) is 61.1 Å². The molecule has 0 aliphatic carbocycles. The van der Waals surface area contributed by atoms with Crippen molar-refractivity contribution in [3.05, 3.63) is 70.9 Å². The van der Waals surface area contributed by atoms with Gasteiger partial charge in [-0.1, -0.05) is 38.1 Å². The molecule has 38 heavy (non-hydrogen) atoms. The van der Waals surface area contributed by atoms with E-state index in [0.717, 1.165) is 24.0 Å². The number of carbonyl (C=O) groups excluding carboxylic acids is 2. The Morgan fingerprint density at radius 1 is 1.05 bits per heavy atom. The van der Waals surface area contributed by atoms with Crippen LogP contribution in [0.5, 0.6) is 0 Å². The lowest BCUT2D eigenvalue weighted by Gasteiger charge is -2.12. The second-order valence-electron chi connectivity index (χ2n) is 9.46. The van der Waals surface area contributed by atoms with Crippen LogP contribution >= 0.6 is 0 Å². The summed E-state index contributed by atoms with van der Waals surface area (Å²) < 4.78 is 41.9. The van der Waals surface area contributed by atoms with Gasteiger partial charge in [-0.15, -0.1) is 0 Å². The molecule has 0 fully saturated rings. The van der Waals surface area contributed by atoms with Crippen molar-refractivity contribution in [2.24, 2.45) is 4.99 Å². The highest BCUT2D eigenvalue weighted by molar-refractivity contribution is 6.27. The molecule has 3 aromatic rings. The van der Waals surface area contributed by atoms with Crippen molar-refractivity contribution >= 4 is 28.5 Å². The first-order valence-corrected chi connectivity index (χ1v) is 13.0. The van der Waals surface area contributed by atoms with Crippen LogP contribution < -0.4 is 0 Å². The Morgan fingerprint density at radius 3 is 2.58 bits per heavy atom. The predicted molar refractivity (Wildman–Crippen MR) is 141 cm³/mol. The third-order valence-electron chi connectivity index (χ3n) is 6.71. The highest BCUT2D eigenvalue weighted by Gasteiger charge is 2.40. The number of benzene rings is 1. The van der Waals surface area contributed by atoms with Gasteiger partial charge in [0, 0.05) is 49.2 Å². The Kier molecular flexibility index (Phi) is 8.54. The number of hydrogen-bond acceptors (Lipinski definition) is 5. The minimum absolute atomic E-state index is 0.0167. The number of unbranched alkanes of at least 4 members (excludes halogenated alkanes) is 1. The smallest absolute Gasteiger partial charge is 0.300 e. The van der Waals surface area contributed by atoms with Crippen molar-refractivity contribution in [3.8, 4) is 0 Å². The number of nitrogens with zero attached hydrogens (tertiary/aromatic N) is 4. The third-order valence-corrected chi connectivity index (χ3v) is 6.71. The molecular weight excluding hydrogens is 493 g/mol. The Morgan fingerprint density at radius 2 is 1.84 bits per heavy atom. The van der Waals surface area contributed by atoms with Gasteiger partial charge in [0.1, 0.15) is 11.5 Å². The molecule has 0 N–H and O–H groups in total. The van der Waals surface area contributed by atoms with Crippen molar-refractivity contribution in [1.82, 2.24) is 14.4 Å². The molecule has 0 saturated heterocycles. The minimum Gasteiger partial charge on any atom is -0.300 e. The summed E-state index contributed by atoms with van der Waals surface area (Å²) in [4.78, 5) is 37.0. The first kappa shape index (κ1) is 27.4. The number of alkyl halides is 3. The zero-order chi connectivity index (χ0) is 27.3. The fourth-order valence-electron chi connectivity index (χ4n) is 4.84. The van der Waals surface area contributed by atoms with E-state index >= 15 is 0 Å². The van der Waals surface area contributed by atoms with Crippen molar-refractivity contribution in [1.29, 1.82) is 0 Å². The SMILES string of the molecule is CCCC(=O)CCCCC(=O)c1ccc(Cc2nccn3c(C4=CCN=C4C(F)(F)F)cnc23)cc1CC. The highest BCUT2D eigenvalue weighted by Crippen LogP contribution is 2.32. The van der Waals surface area contributed by atoms with E-state index in [1.807, 2.05) is 32.0 Å². The number of Topliss-reactive ketones (excluding diaryl/α,β-unsaturated/α-hetero) is 2. The molecular formula is C29H31F3N4O2. The largest absolute Gasteiger partial charge is 0.433 e. The van der Waals surface area contributed by atoms with Gasteiger partial charge < -0.3 is 0 Å². The number of aryl methyl sites for hydroxylation is 1. The Balaban J connectivity index is 1.49. The van der Waals surface area contributed by atoms with E-state index in [9.17, 15) is 22.8 Å². The summed E-state index contributed by atoms with van der Waals surface area (Å²) in [5, 5.41) is 0. The third kappa shape index (κ3) is 6.09. The van der Waals surface area contributed by atoms with Gasteiger partial charge in [0.25, 0.3) is 0 Å². The van der Waals surface area contributed by atoms with Crippen LogP contribution in [0.25, 0.3) is 11.2 Å². The zero-order valence-electron chi connectivity index (χ0n) is 21.6. The molecule has 1 aliphatic heterocycles. The number of imidazole rings is 1. The summed E-state index contributed by atoms with van der Waals surface area (Å²) >= 11 is 0. The molecule has 3 heterocycles. The number of rotatable bonds is 12. The van der Waals surface area contributed by atoms with Crippen LogP contribution in [0.3, 0.4) is 0 Å². The molecule has 9 heteroatoms. The molecule has 4 rings (SSSR count). The topological polar surface area (TPSA) is 76.7 Å². The van der Waals surface area contributed by atoms with Gasteiger partial charge in [0.05, 0.1) is 24.1 Å². The molecule has 0 unspecified atom stereocenters. The van der Waals surface area contributed by atoms with Crippen LogP contribution in [0.15, 0.2) is 47.9 Å². The number of ketones is 2. The summed E-state index contributed by atoms with van der Waals surface area (Å²) in [6, 6.07) is 5.71. The van der Waals surface area contributed by atoms with Crippen LogP contribution in [0, 0.1) is 0 Å². The lowest BCUT2D eigenvalue weighted by atomic mass is 9.94. The normalized spacial score (nSPS) is 13.6. The van der Waals surface area contributed by atoms with E-state index in [-0.39, 0.29) is 23.7 Å². The van der Waals surface area contributed by atoms with Crippen molar-refractivity contribution in [2.75, 3.05) is 6.54 Å². The van der Waals surface area contributed by atoms with Gasteiger partial charge in [0.2, 0.25) is 0 Å². The standard InChI is InChI=1S/C29H31F3N4O2/c1-3-7-21(37)8-5-6-9-26(38)22-11-10-19(16-20(22)4-2)17-24-28-35-18-25(36(28)15-14-33-24)23-12-13-34-27(23)29(30,31)32/h10-12,14-16,18H,3-9,13,17H2,1-2H3. The number of carbonyl (C=O) groups is 2. The average molecular weight is 525 g/mol. The Bertz CT molecular complexity index is 1400. The maximum atomic E-state index is 13.4. The average Bonchev–Trinajstić information content (AvgIpc) is 3.54. The quantitative estimate of drug-likeness (QED) is 0.203. The Hall–Kier alpha value is -3.62. The highest BCUT2D eigenvalue weighted by atomic mass is 19.4. The predicted octanol–water partition coefficient (Wildman–Crippen LogP) is 6.40. The second-order valence-corrected chi connectivity index (χ2v) is 9.46. The molecule has 0 atom stereocenters. The van der Waals surface area contributed by atoms with Gasteiger partial charge in [-0.25, -0.2) is 4.98 Å². The number of fused-ring (bicyclic) bond motifs is 1. The van der Waals surface area contributed by atoms with Crippen molar-refractivity contribution in [3.63, 3.8) is 0 Å². The molecule has 0 amide bonds. The molecule has 1 aromatic carbocycles. The van der Waals surface area contributed by atoms with Gasteiger partial charge in [0.15, 0.2) is 11.4 Å². The van der Waals surface area contributed by atoms with Crippen molar-refractivity contribution < 1.29 is 22.8 Å². The summed E-state index contributed by atoms with van der Waals surface area (Å²) in [5.41, 5.74) is 3.12. The van der Waals surface area contributed by atoms with Crippen LogP contribution in [-0.4, -0.2) is 44.4 Å². The molecule has 0 radical (unpaired) electrons. The van der Waals surface area contributed by atoms with Crippen LogP contribution in [0.2, 0.25) is 0 Å². The van der Waals surface area contributed by atoms with Gasteiger partial charge >= 0.3 is 6.18 Å². The Labute approximate surface area is 219 Å². The molecule has 0 spiro atoms. The number of hydrogen-bond donors (Lipinski definition) is 0. The molecule has 6 nitrogen and oxygen atoms in total. The number of aliphatic imine (C=N–C) groups is 1. The molecule has 1 aliphatic rings. The summed E-state index contributed by atoms with van der Waals surface area (Å²) in [5.74, 6) is 0.321. The van der Waals surface area contributed by atoms with Gasteiger partial charge in [-0.3, -0.25) is 24.0 Å². The van der Waals surface area contributed by atoms with Crippen LogP contribution in [0.1, 0.15) is 85.2 Å². The summed E-state index contributed by atoms with van der Waals surface area (Å²) in [6.45, 7) is 3.96. The maximum Gasteiger partial charge on any atom is 0.433 e. The first-order chi connectivity index (χ1) is 18.2. The number of aromatic nitrogens is 3. The van der Waals surface area contributed by atoms with Crippen LogP contribution in [0.4, 0.5) is 13.2 Å². The van der Waals surface area contributed by atoms with E-state index in [1.165, 1.54) is 12.3 Å². The number of allylic oxidation sites excluding steroid dienone is 1. The second kappa shape index (κ2) is 11.8. The maximum absolute atomic E-state index is 13.4. The molecule has 200 valence electrons. The van der Waals surface area contributed by atoms with E-state index in [2.05, 4.69) is 15.0 Å². The first-order valence-electron chi connectivity index (χ1n) is 13.0. The molecule has 0 bridgehead atoms. The monoisotopic (exact) mass is 524 g/mol. The zero-order valence-corrected chi connectivity index (χ0v) is 21.6. The fraction of sp³-hybridized carbons (Fsp3) is 0.414. The van der Waals surface area contributed by atoms with E-state index < -0.39 is 11.9 Å². The minimum atomic E-state index is -4.54. The summed E-state index contributed by atoms with van der Waals surface area (Å²) in [6.07, 6.45) is 6.38. The van der Waals surface area contributed by atoms with E-state index in [1.54, 1.807) is 16.8 Å². The molecule has 0 saturated carbocycles. The van der Waals surface area contributed by atoms with E-state index in [4.69, 9.17) is 0 Å². The summed E-state index contributed by atoms with van der Waals surface area (Å²) in [7, 11) is 0. The number of halogens is 3. The van der Waals surface area contributed by atoms with Crippen molar-refractivity contribution in [2.45, 2.75) is 71.4 Å². The van der Waals surface area contributed by atoms with Gasteiger partial charge in [-0.05, 0) is 36.8 Å². The van der Waals surface area contributed by atoms with Crippen LogP contribution in [-0.2, 0) is 17.6 Å².